The van der Waals surface area contributed by atoms with E-state index < -0.39 is 0 Å². The highest BCUT2D eigenvalue weighted by Crippen LogP contribution is 2.37. The molecule has 3 nitrogen and oxygen atoms in total. The van der Waals surface area contributed by atoms with Crippen molar-refractivity contribution in [2.24, 2.45) is 0 Å². The highest BCUT2D eigenvalue weighted by molar-refractivity contribution is 9.10. The fraction of sp³-hybridized carbons (Fsp3) is 0. The van der Waals surface area contributed by atoms with E-state index in [1.807, 2.05) is 6.07 Å². The first-order valence-electron chi connectivity index (χ1n) is 4.89. The Morgan fingerprint density at radius 1 is 1.17 bits per heavy atom. The number of nitrogens with one attached hydrogen (secondary N) is 1. The molecule has 0 saturated carbocycles. The molecule has 6 heteroatoms. The van der Waals surface area contributed by atoms with Crippen LogP contribution in [0.3, 0.4) is 0 Å². The van der Waals surface area contributed by atoms with Crippen molar-refractivity contribution in [3.63, 3.8) is 0 Å². The summed E-state index contributed by atoms with van der Waals surface area (Å²) in [5.74, 6) is 0. The van der Waals surface area contributed by atoms with Gasteiger partial charge in [-0.2, -0.15) is 5.26 Å². The van der Waals surface area contributed by atoms with Gasteiger partial charge in [-0.15, -0.1) is 0 Å². The molecule has 1 N–H and O–H groups in total. The largest absolute Gasteiger partial charge is 0.352 e. The summed E-state index contributed by atoms with van der Waals surface area (Å²) >= 11 is 15.4. The summed E-state index contributed by atoms with van der Waals surface area (Å²) in [5.41, 5.74) is 1.50. The molecule has 0 aliphatic carbocycles. The Hall–Kier alpha value is -1.28. The topological polar surface area (TPSA) is 48.7 Å². The van der Waals surface area contributed by atoms with E-state index in [0.717, 1.165) is 0 Å². The smallest absolute Gasteiger partial charge is 0.163 e. The van der Waals surface area contributed by atoms with Crippen molar-refractivity contribution in [3.8, 4) is 6.07 Å². The number of aromatic nitrogens is 1. The van der Waals surface area contributed by atoms with E-state index in [4.69, 9.17) is 28.5 Å². The maximum absolute atomic E-state index is 8.95. The molecule has 0 saturated heterocycles. The van der Waals surface area contributed by atoms with Gasteiger partial charge in [-0.1, -0.05) is 23.2 Å². The minimum atomic E-state index is 0.299. The van der Waals surface area contributed by atoms with E-state index in [-0.39, 0.29) is 0 Å². The molecule has 0 aliphatic rings. The Morgan fingerprint density at radius 3 is 2.67 bits per heavy atom. The molecule has 0 atom stereocenters. The molecule has 0 aliphatic heterocycles. The van der Waals surface area contributed by atoms with Crippen LogP contribution >= 0.6 is 39.1 Å². The van der Waals surface area contributed by atoms with Crippen LogP contribution in [-0.2, 0) is 0 Å². The van der Waals surface area contributed by atoms with Crippen molar-refractivity contribution < 1.29 is 0 Å². The van der Waals surface area contributed by atoms with Crippen molar-refractivity contribution >= 4 is 50.5 Å². The molecule has 0 amide bonds. The van der Waals surface area contributed by atoms with Gasteiger partial charge in [0.2, 0.25) is 0 Å². The van der Waals surface area contributed by atoms with Crippen LogP contribution in [0.15, 0.2) is 34.9 Å². The summed E-state index contributed by atoms with van der Waals surface area (Å²) in [6, 6.07) is 9.03. The van der Waals surface area contributed by atoms with Gasteiger partial charge in [-0.3, -0.25) is 0 Å². The van der Waals surface area contributed by atoms with Crippen molar-refractivity contribution in [1.82, 2.24) is 4.98 Å². The van der Waals surface area contributed by atoms with Gasteiger partial charge in [0.1, 0.15) is 6.07 Å². The lowest BCUT2D eigenvalue weighted by molar-refractivity contribution is 1.26. The summed E-state index contributed by atoms with van der Waals surface area (Å²) in [4.78, 5) is 3.95. The number of halogens is 3. The predicted molar refractivity (Wildman–Crippen MR) is 76.4 cm³/mol. The quantitative estimate of drug-likeness (QED) is 0.800. The molecule has 90 valence electrons. The standard InChI is InChI=1S/C12H6BrCl2N3/c13-7-3-4-9(12(15)11(7)14)18-8-2-1-5-17-10(8)6-16/h1-5,18H. The molecule has 0 bridgehead atoms. The fourth-order valence-electron chi connectivity index (χ4n) is 1.36. The Balaban J connectivity index is 2.41. The number of pyridine rings is 1. The van der Waals surface area contributed by atoms with Crippen LogP contribution in [0.1, 0.15) is 5.69 Å². The van der Waals surface area contributed by atoms with E-state index >= 15 is 0 Å². The maximum atomic E-state index is 8.95. The third-order valence-electron chi connectivity index (χ3n) is 2.22. The highest BCUT2D eigenvalue weighted by atomic mass is 79.9. The summed E-state index contributed by atoms with van der Waals surface area (Å²) < 4.78 is 0.714. The van der Waals surface area contributed by atoms with Crippen LogP contribution in [-0.4, -0.2) is 4.98 Å². The molecule has 18 heavy (non-hydrogen) atoms. The monoisotopic (exact) mass is 341 g/mol. The number of nitriles is 1. The molecule has 0 unspecified atom stereocenters. The summed E-state index contributed by atoms with van der Waals surface area (Å²) in [5, 5.41) is 12.8. The Morgan fingerprint density at radius 2 is 1.94 bits per heavy atom. The number of hydrogen-bond acceptors (Lipinski definition) is 3. The molecule has 0 fully saturated rings. The first-order chi connectivity index (χ1) is 8.63. The summed E-state index contributed by atoms with van der Waals surface area (Å²) in [7, 11) is 0. The minimum absolute atomic E-state index is 0.299. The number of nitrogens with zero attached hydrogens (tertiary/aromatic N) is 2. The second-order valence-electron chi connectivity index (χ2n) is 3.36. The zero-order valence-corrected chi connectivity index (χ0v) is 12.0. The average Bonchev–Trinajstić information content (AvgIpc) is 2.40. The molecular weight excluding hydrogens is 337 g/mol. The zero-order valence-electron chi connectivity index (χ0n) is 8.92. The lowest BCUT2D eigenvalue weighted by Crippen LogP contribution is -1.96. The molecule has 0 radical (unpaired) electrons. The van der Waals surface area contributed by atoms with Crippen LogP contribution < -0.4 is 5.32 Å². The predicted octanol–water partition coefficient (Wildman–Crippen LogP) is 4.77. The third-order valence-corrected chi connectivity index (χ3v) is 3.99. The lowest BCUT2D eigenvalue weighted by Gasteiger charge is -2.10. The molecule has 2 aromatic rings. The number of hydrogen-bond donors (Lipinski definition) is 1. The second kappa shape index (κ2) is 5.57. The van der Waals surface area contributed by atoms with E-state index in [9.17, 15) is 0 Å². The molecule has 2 rings (SSSR count). The number of anilines is 2. The van der Waals surface area contributed by atoms with Gasteiger partial charge in [-0.25, -0.2) is 4.98 Å². The van der Waals surface area contributed by atoms with Gasteiger partial charge in [-0.05, 0) is 40.2 Å². The van der Waals surface area contributed by atoms with Gasteiger partial charge >= 0.3 is 0 Å². The molecule has 1 heterocycles. The number of benzene rings is 1. The van der Waals surface area contributed by atoms with Crippen LogP contribution in [0.2, 0.25) is 10.0 Å². The lowest BCUT2D eigenvalue weighted by atomic mass is 10.2. The Bertz CT molecular complexity index is 638. The minimum Gasteiger partial charge on any atom is -0.352 e. The molecule has 1 aromatic carbocycles. The van der Waals surface area contributed by atoms with Crippen molar-refractivity contribution in [1.29, 1.82) is 5.26 Å². The molecule has 0 spiro atoms. The van der Waals surface area contributed by atoms with Crippen molar-refractivity contribution in [2.75, 3.05) is 5.32 Å². The Labute approximate surface area is 122 Å². The fourth-order valence-corrected chi connectivity index (χ4v) is 2.18. The van der Waals surface area contributed by atoms with Crippen LogP contribution in [0.25, 0.3) is 0 Å². The number of rotatable bonds is 2. The van der Waals surface area contributed by atoms with Crippen LogP contribution in [0.5, 0.6) is 0 Å². The van der Waals surface area contributed by atoms with Gasteiger partial charge in [0.05, 0.1) is 21.4 Å². The summed E-state index contributed by atoms with van der Waals surface area (Å²) in [6.07, 6.45) is 1.56. The van der Waals surface area contributed by atoms with Crippen molar-refractivity contribution in [2.45, 2.75) is 0 Å². The van der Waals surface area contributed by atoms with E-state index in [1.54, 1.807) is 30.5 Å². The van der Waals surface area contributed by atoms with Gasteiger partial charge in [0.25, 0.3) is 0 Å². The zero-order chi connectivity index (χ0) is 13.1. The highest BCUT2D eigenvalue weighted by Gasteiger charge is 2.10. The van der Waals surface area contributed by atoms with E-state index in [2.05, 4.69) is 26.2 Å². The van der Waals surface area contributed by atoms with Gasteiger partial charge in [0, 0.05) is 10.7 Å². The van der Waals surface area contributed by atoms with Crippen LogP contribution in [0.4, 0.5) is 11.4 Å². The van der Waals surface area contributed by atoms with E-state index in [0.29, 0.717) is 31.6 Å². The normalized spacial score (nSPS) is 9.89. The van der Waals surface area contributed by atoms with E-state index in [1.165, 1.54) is 0 Å². The van der Waals surface area contributed by atoms with Crippen molar-refractivity contribution in [3.05, 3.63) is 50.7 Å². The Kier molecular flexibility index (Phi) is 4.07. The first kappa shape index (κ1) is 13.2. The maximum Gasteiger partial charge on any atom is 0.163 e. The second-order valence-corrected chi connectivity index (χ2v) is 4.97. The SMILES string of the molecule is N#Cc1ncccc1Nc1ccc(Br)c(Cl)c1Cl. The first-order valence-corrected chi connectivity index (χ1v) is 6.44. The molecular formula is C12H6BrCl2N3. The van der Waals surface area contributed by atoms with Gasteiger partial charge in [0.15, 0.2) is 5.69 Å². The third kappa shape index (κ3) is 2.59. The van der Waals surface area contributed by atoms with Gasteiger partial charge < -0.3 is 5.32 Å². The average molecular weight is 343 g/mol. The molecule has 1 aromatic heterocycles. The van der Waals surface area contributed by atoms with Crippen LogP contribution in [0, 0.1) is 11.3 Å². The summed E-state index contributed by atoms with van der Waals surface area (Å²) in [6.45, 7) is 0.